The molecule has 2 atom stereocenters. The van der Waals surface area contributed by atoms with Gasteiger partial charge >= 0.3 is 17.9 Å². The second-order valence-corrected chi connectivity index (χ2v) is 23.5. The lowest BCUT2D eigenvalue weighted by Crippen LogP contribution is -2.30. The van der Waals surface area contributed by atoms with Crippen LogP contribution in [0.4, 0.5) is 0 Å². The van der Waals surface area contributed by atoms with Gasteiger partial charge in [-0.3, -0.25) is 14.4 Å². The molecule has 1 unspecified atom stereocenters. The topological polar surface area (TPSA) is 78.9 Å². The van der Waals surface area contributed by atoms with Crippen molar-refractivity contribution in [1.82, 2.24) is 0 Å². The highest BCUT2D eigenvalue weighted by molar-refractivity contribution is 5.71. The molecule has 0 aromatic carbocycles. The maximum atomic E-state index is 12.9. The minimum Gasteiger partial charge on any atom is -0.462 e. The Morgan fingerprint density at radius 3 is 0.792 bits per heavy atom. The number of carbonyl (C=O) groups excluding carboxylic acids is 3. The van der Waals surface area contributed by atoms with Gasteiger partial charge in [0.25, 0.3) is 0 Å². The van der Waals surface area contributed by atoms with Crippen molar-refractivity contribution < 1.29 is 28.6 Å². The van der Waals surface area contributed by atoms with Gasteiger partial charge in [0.2, 0.25) is 0 Å². The van der Waals surface area contributed by atoms with Crippen LogP contribution in [0.25, 0.3) is 0 Å². The molecule has 0 spiro atoms. The van der Waals surface area contributed by atoms with Crippen molar-refractivity contribution in [2.24, 2.45) is 11.8 Å². The molecule has 6 heteroatoms. The van der Waals surface area contributed by atoms with Gasteiger partial charge in [0.05, 0.1) is 0 Å². The Morgan fingerprint density at radius 2 is 0.528 bits per heavy atom. The summed E-state index contributed by atoms with van der Waals surface area (Å²) in [7, 11) is 0. The molecule has 0 saturated carbocycles. The van der Waals surface area contributed by atoms with Gasteiger partial charge in [-0.15, -0.1) is 0 Å². The van der Waals surface area contributed by atoms with Gasteiger partial charge in [-0.05, 0) is 31.1 Å². The number of rotatable bonds is 60. The van der Waals surface area contributed by atoms with Crippen LogP contribution in [0.1, 0.15) is 375 Å². The Labute approximate surface area is 450 Å². The molecule has 0 aliphatic heterocycles. The zero-order chi connectivity index (χ0) is 52.5. The molecular formula is C66H128O6. The van der Waals surface area contributed by atoms with Crippen LogP contribution in [0.15, 0.2) is 0 Å². The molecule has 0 N–H and O–H groups in total. The van der Waals surface area contributed by atoms with E-state index < -0.39 is 6.10 Å². The minimum atomic E-state index is -0.764. The van der Waals surface area contributed by atoms with Crippen molar-refractivity contribution in [2.45, 2.75) is 381 Å². The van der Waals surface area contributed by atoms with Crippen molar-refractivity contribution in [3.05, 3.63) is 0 Å². The van der Waals surface area contributed by atoms with E-state index in [0.717, 1.165) is 69.6 Å². The van der Waals surface area contributed by atoms with E-state index in [2.05, 4.69) is 34.6 Å². The average molecular weight is 1020 g/mol. The second kappa shape index (κ2) is 58.7. The molecule has 0 bridgehead atoms. The van der Waals surface area contributed by atoms with Crippen LogP contribution in [-0.4, -0.2) is 37.2 Å². The molecule has 0 rings (SSSR count). The number of carbonyl (C=O) groups is 3. The third-order valence-corrected chi connectivity index (χ3v) is 15.6. The predicted octanol–water partition coefficient (Wildman–Crippen LogP) is 22.0. The summed E-state index contributed by atoms with van der Waals surface area (Å²) < 4.78 is 17.0. The Hall–Kier alpha value is -1.59. The van der Waals surface area contributed by atoms with Gasteiger partial charge < -0.3 is 14.2 Å². The van der Waals surface area contributed by atoms with E-state index in [9.17, 15) is 14.4 Å². The molecule has 0 radical (unpaired) electrons. The molecule has 72 heavy (non-hydrogen) atoms. The number of ether oxygens (including phenoxy) is 3. The van der Waals surface area contributed by atoms with E-state index in [4.69, 9.17) is 14.2 Å². The monoisotopic (exact) mass is 1020 g/mol. The van der Waals surface area contributed by atoms with E-state index in [1.807, 2.05) is 0 Å². The fourth-order valence-electron chi connectivity index (χ4n) is 10.3. The highest BCUT2D eigenvalue weighted by Crippen LogP contribution is 2.19. The third-order valence-electron chi connectivity index (χ3n) is 15.6. The summed E-state index contributed by atoms with van der Waals surface area (Å²) in [6, 6.07) is 0. The summed E-state index contributed by atoms with van der Waals surface area (Å²) >= 11 is 0. The van der Waals surface area contributed by atoms with E-state index >= 15 is 0 Å². The lowest BCUT2D eigenvalue weighted by Gasteiger charge is -2.18. The minimum absolute atomic E-state index is 0.0618. The summed E-state index contributed by atoms with van der Waals surface area (Å²) in [5.41, 5.74) is 0. The van der Waals surface area contributed by atoms with Crippen molar-refractivity contribution in [1.29, 1.82) is 0 Å². The molecule has 0 saturated heterocycles. The molecule has 0 aromatic heterocycles. The summed E-state index contributed by atoms with van der Waals surface area (Å²) in [6.07, 6.45) is 65.3. The van der Waals surface area contributed by atoms with Gasteiger partial charge in [-0.25, -0.2) is 0 Å². The maximum absolute atomic E-state index is 12.9. The molecule has 0 aromatic rings. The fraction of sp³-hybridized carbons (Fsp3) is 0.955. The van der Waals surface area contributed by atoms with Crippen molar-refractivity contribution in [3.63, 3.8) is 0 Å². The van der Waals surface area contributed by atoms with E-state index in [-0.39, 0.29) is 31.1 Å². The fourth-order valence-corrected chi connectivity index (χ4v) is 10.3. The Balaban J connectivity index is 4.26. The number of esters is 3. The first-order valence-electron chi connectivity index (χ1n) is 32.8. The Morgan fingerprint density at radius 1 is 0.292 bits per heavy atom. The number of hydrogen-bond acceptors (Lipinski definition) is 6. The Bertz CT molecular complexity index is 1110. The summed E-state index contributed by atoms with van der Waals surface area (Å²) in [5, 5.41) is 0. The first-order valence-corrected chi connectivity index (χ1v) is 32.8. The molecule has 0 aliphatic carbocycles. The van der Waals surface area contributed by atoms with Crippen molar-refractivity contribution in [2.75, 3.05) is 13.2 Å². The SMILES string of the molecule is CCCCCCCCCCCCCCCCCCCCC(=O)OC[C@@H](COC(=O)CCCCCCCCCCCCCC(C)C)OC(=O)CCCCCCCCCCCCCCCCCCCCC(C)CC. The second-order valence-electron chi connectivity index (χ2n) is 23.5. The summed E-state index contributed by atoms with van der Waals surface area (Å²) in [6.45, 7) is 11.5. The van der Waals surface area contributed by atoms with E-state index in [1.165, 1.54) is 263 Å². The van der Waals surface area contributed by atoms with Crippen LogP contribution in [0.2, 0.25) is 0 Å². The average Bonchev–Trinajstić information content (AvgIpc) is 3.37. The molecule has 0 fully saturated rings. The third kappa shape index (κ3) is 57.7. The first-order chi connectivity index (χ1) is 35.3. The molecule has 0 amide bonds. The van der Waals surface area contributed by atoms with E-state index in [1.54, 1.807) is 0 Å². The quantitative estimate of drug-likeness (QED) is 0.0343. The molecule has 0 aliphatic rings. The van der Waals surface area contributed by atoms with Crippen LogP contribution in [0.5, 0.6) is 0 Å². The lowest BCUT2D eigenvalue weighted by molar-refractivity contribution is -0.167. The number of hydrogen-bond donors (Lipinski definition) is 0. The van der Waals surface area contributed by atoms with Crippen LogP contribution in [-0.2, 0) is 28.6 Å². The predicted molar refractivity (Wildman–Crippen MR) is 312 cm³/mol. The number of unbranched alkanes of at least 4 members (excludes halogenated alkanes) is 44. The maximum Gasteiger partial charge on any atom is 0.306 e. The highest BCUT2D eigenvalue weighted by atomic mass is 16.6. The molecular weight excluding hydrogens is 889 g/mol. The molecule has 0 heterocycles. The normalized spacial score (nSPS) is 12.4. The summed E-state index contributed by atoms with van der Waals surface area (Å²) in [4.78, 5) is 38.3. The lowest BCUT2D eigenvalue weighted by atomic mass is 9.99. The largest absolute Gasteiger partial charge is 0.462 e. The highest BCUT2D eigenvalue weighted by Gasteiger charge is 2.19. The van der Waals surface area contributed by atoms with Crippen LogP contribution in [0.3, 0.4) is 0 Å². The molecule has 428 valence electrons. The Kier molecular flexibility index (Phi) is 57.4. The van der Waals surface area contributed by atoms with Gasteiger partial charge in [0, 0.05) is 19.3 Å². The first kappa shape index (κ1) is 70.4. The van der Waals surface area contributed by atoms with E-state index in [0.29, 0.717) is 19.3 Å². The standard InChI is InChI=1S/C66H128O6/c1-6-8-9-10-11-12-13-14-15-16-20-23-26-31-36-41-46-51-56-64(67)70-59-63(60-71-65(68)57-52-47-42-37-33-28-29-34-39-44-49-54-61(3)4)72-66(69)58-53-48-43-38-32-27-24-21-18-17-19-22-25-30-35-40-45-50-55-62(5)7-2/h61-63H,6-60H2,1-5H3/t62?,63-/m0/s1. The van der Waals surface area contributed by atoms with Gasteiger partial charge in [-0.1, -0.05) is 336 Å². The van der Waals surface area contributed by atoms with Crippen molar-refractivity contribution in [3.8, 4) is 0 Å². The summed E-state index contributed by atoms with van der Waals surface area (Å²) in [5.74, 6) is 0.905. The van der Waals surface area contributed by atoms with Gasteiger partial charge in [-0.2, -0.15) is 0 Å². The van der Waals surface area contributed by atoms with Crippen LogP contribution < -0.4 is 0 Å². The zero-order valence-electron chi connectivity index (χ0n) is 49.6. The van der Waals surface area contributed by atoms with Gasteiger partial charge in [0.15, 0.2) is 6.10 Å². The van der Waals surface area contributed by atoms with Crippen LogP contribution >= 0.6 is 0 Å². The smallest absolute Gasteiger partial charge is 0.306 e. The van der Waals surface area contributed by atoms with Crippen molar-refractivity contribution >= 4 is 17.9 Å². The van der Waals surface area contributed by atoms with Gasteiger partial charge in [0.1, 0.15) is 13.2 Å². The zero-order valence-corrected chi connectivity index (χ0v) is 49.6. The van der Waals surface area contributed by atoms with Crippen LogP contribution in [0, 0.1) is 11.8 Å². The molecule has 6 nitrogen and oxygen atoms in total.